The first-order valence-corrected chi connectivity index (χ1v) is 9.97. The molecule has 29 heavy (non-hydrogen) atoms. The fourth-order valence-corrected chi connectivity index (χ4v) is 3.63. The van der Waals surface area contributed by atoms with Crippen LogP contribution in [0.1, 0.15) is 16.7 Å². The molecule has 0 aliphatic carbocycles. The van der Waals surface area contributed by atoms with Gasteiger partial charge in [0.15, 0.2) is 11.5 Å². The topological polar surface area (TPSA) is 91.2 Å². The third-order valence-corrected chi connectivity index (χ3v) is 5.28. The van der Waals surface area contributed by atoms with Crippen molar-refractivity contribution in [3.05, 3.63) is 53.1 Å². The minimum absolute atomic E-state index is 0.110. The predicted molar refractivity (Wildman–Crippen MR) is 111 cm³/mol. The van der Waals surface area contributed by atoms with Crippen LogP contribution in [0, 0.1) is 13.8 Å². The van der Waals surface area contributed by atoms with E-state index in [1.165, 1.54) is 11.8 Å². The lowest BCUT2D eigenvalue weighted by Gasteiger charge is -2.11. The number of amides is 1. The van der Waals surface area contributed by atoms with Crippen LogP contribution in [0.3, 0.4) is 0 Å². The third kappa shape index (κ3) is 4.86. The highest BCUT2D eigenvalue weighted by molar-refractivity contribution is 7.99. The molecule has 0 atom stereocenters. The standard InChI is InChI=1S/C20H23N5O3S/c1-13-6-5-7-14(2)19(13)25-20(22-23-24-25)29-12-18(26)21-11-15-8-9-16(27-3)17(10-15)28-4/h5-10H,11-12H2,1-4H3,(H,21,26). The number of thioether (sulfide) groups is 1. The van der Waals surface area contributed by atoms with Gasteiger partial charge in [0, 0.05) is 6.54 Å². The molecule has 1 N–H and O–H groups in total. The SMILES string of the molecule is COc1ccc(CNC(=O)CSc2nnnn2-c2c(C)cccc2C)cc1OC. The van der Waals surface area contributed by atoms with Crippen LogP contribution < -0.4 is 14.8 Å². The normalized spacial score (nSPS) is 10.6. The number of methoxy groups -OCH3 is 2. The predicted octanol–water partition coefficient (Wildman–Crippen LogP) is 2.70. The third-order valence-electron chi connectivity index (χ3n) is 4.36. The van der Waals surface area contributed by atoms with E-state index in [-0.39, 0.29) is 11.7 Å². The van der Waals surface area contributed by atoms with Crippen molar-refractivity contribution in [2.24, 2.45) is 0 Å². The zero-order valence-electron chi connectivity index (χ0n) is 16.8. The van der Waals surface area contributed by atoms with E-state index in [1.54, 1.807) is 18.9 Å². The Hall–Kier alpha value is -3.07. The number of hydrogen-bond donors (Lipinski definition) is 1. The molecular formula is C20H23N5O3S. The molecule has 3 rings (SSSR count). The summed E-state index contributed by atoms with van der Waals surface area (Å²) in [6.45, 7) is 4.41. The average Bonchev–Trinajstić information content (AvgIpc) is 3.18. The van der Waals surface area contributed by atoms with Crippen molar-refractivity contribution in [2.75, 3.05) is 20.0 Å². The van der Waals surface area contributed by atoms with Crippen LogP contribution in [-0.4, -0.2) is 46.1 Å². The van der Waals surface area contributed by atoms with Gasteiger partial charge >= 0.3 is 0 Å². The van der Waals surface area contributed by atoms with Crippen LogP contribution in [0.4, 0.5) is 0 Å². The molecule has 1 amide bonds. The van der Waals surface area contributed by atoms with Crippen LogP contribution in [0.2, 0.25) is 0 Å². The highest BCUT2D eigenvalue weighted by atomic mass is 32.2. The summed E-state index contributed by atoms with van der Waals surface area (Å²) < 4.78 is 12.2. The first-order valence-electron chi connectivity index (χ1n) is 8.99. The van der Waals surface area contributed by atoms with Crippen molar-refractivity contribution >= 4 is 17.7 Å². The number of ether oxygens (including phenoxy) is 2. The Bertz CT molecular complexity index is 985. The first kappa shape index (κ1) is 20.7. The number of hydrogen-bond acceptors (Lipinski definition) is 7. The molecule has 1 heterocycles. The lowest BCUT2D eigenvalue weighted by Crippen LogP contribution is -2.24. The lowest BCUT2D eigenvalue weighted by atomic mass is 10.1. The van der Waals surface area contributed by atoms with Gasteiger partial charge in [-0.2, -0.15) is 4.68 Å². The molecule has 0 aliphatic rings. The summed E-state index contributed by atoms with van der Waals surface area (Å²) in [5.74, 6) is 1.37. The average molecular weight is 414 g/mol. The quantitative estimate of drug-likeness (QED) is 0.568. The molecule has 0 spiro atoms. The summed E-state index contributed by atoms with van der Waals surface area (Å²) >= 11 is 1.29. The number of carbonyl (C=O) groups is 1. The Morgan fingerprint density at radius 2 is 1.83 bits per heavy atom. The number of aromatic nitrogens is 4. The molecule has 0 aliphatic heterocycles. The summed E-state index contributed by atoms with van der Waals surface area (Å²) in [6.07, 6.45) is 0. The van der Waals surface area contributed by atoms with E-state index in [0.717, 1.165) is 22.4 Å². The van der Waals surface area contributed by atoms with Gasteiger partial charge in [0.25, 0.3) is 0 Å². The number of nitrogens with zero attached hydrogens (tertiary/aromatic N) is 4. The Balaban J connectivity index is 1.61. The van der Waals surface area contributed by atoms with E-state index in [0.29, 0.717) is 23.2 Å². The number of aryl methyl sites for hydroxylation is 2. The highest BCUT2D eigenvalue weighted by Crippen LogP contribution is 2.27. The molecule has 0 saturated carbocycles. The van der Waals surface area contributed by atoms with Gasteiger partial charge in [-0.1, -0.05) is 36.0 Å². The highest BCUT2D eigenvalue weighted by Gasteiger charge is 2.15. The van der Waals surface area contributed by atoms with E-state index in [1.807, 2.05) is 50.2 Å². The van der Waals surface area contributed by atoms with E-state index < -0.39 is 0 Å². The molecule has 0 saturated heterocycles. The Labute approximate surface area is 173 Å². The minimum Gasteiger partial charge on any atom is -0.493 e. The molecular weight excluding hydrogens is 390 g/mol. The van der Waals surface area contributed by atoms with Crippen molar-refractivity contribution in [3.63, 3.8) is 0 Å². The Morgan fingerprint density at radius 3 is 2.52 bits per heavy atom. The van der Waals surface area contributed by atoms with Gasteiger partial charge in [-0.25, -0.2) is 0 Å². The molecule has 9 heteroatoms. The number of tetrazole rings is 1. The fourth-order valence-electron chi connectivity index (χ4n) is 2.92. The second-order valence-electron chi connectivity index (χ2n) is 6.37. The zero-order chi connectivity index (χ0) is 20.8. The van der Waals surface area contributed by atoms with Crippen molar-refractivity contribution in [1.29, 1.82) is 0 Å². The summed E-state index contributed by atoms with van der Waals surface area (Å²) in [5, 5.41) is 15.4. The summed E-state index contributed by atoms with van der Waals surface area (Å²) in [6, 6.07) is 11.5. The van der Waals surface area contributed by atoms with Crippen molar-refractivity contribution < 1.29 is 14.3 Å². The molecule has 0 bridgehead atoms. The fraction of sp³-hybridized carbons (Fsp3) is 0.300. The maximum Gasteiger partial charge on any atom is 0.230 e. The van der Waals surface area contributed by atoms with Crippen molar-refractivity contribution in [1.82, 2.24) is 25.5 Å². The monoisotopic (exact) mass is 413 g/mol. The van der Waals surface area contributed by atoms with Gasteiger partial charge < -0.3 is 14.8 Å². The van der Waals surface area contributed by atoms with Crippen LogP contribution >= 0.6 is 11.8 Å². The Kier molecular flexibility index (Phi) is 6.71. The van der Waals surface area contributed by atoms with Gasteiger partial charge in [0.1, 0.15) is 0 Å². The molecule has 1 aromatic heterocycles. The lowest BCUT2D eigenvalue weighted by molar-refractivity contribution is -0.118. The zero-order valence-corrected chi connectivity index (χ0v) is 17.6. The molecule has 0 unspecified atom stereocenters. The number of nitrogens with one attached hydrogen (secondary N) is 1. The second kappa shape index (κ2) is 9.42. The van der Waals surface area contributed by atoms with Gasteiger partial charge in [0.2, 0.25) is 11.1 Å². The van der Waals surface area contributed by atoms with Crippen LogP contribution in [-0.2, 0) is 11.3 Å². The smallest absolute Gasteiger partial charge is 0.230 e. The van der Waals surface area contributed by atoms with Gasteiger partial charge in [-0.15, -0.1) is 5.10 Å². The number of para-hydroxylation sites is 1. The minimum atomic E-state index is -0.110. The van der Waals surface area contributed by atoms with Crippen LogP contribution in [0.25, 0.3) is 5.69 Å². The first-order chi connectivity index (χ1) is 14.0. The number of benzene rings is 2. The summed E-state index contributed by atoms with van der Waals surface area (Å²) in [4.78, 5) is 12.3. The second-order valence-corrected chi connectivity index (χ2v) is 7.31. The van der Waals surface area contributed by atoms with E-state index >= 15 is 0 Å². The van der Waals surface area contributed by atoms with Gasteiger partial charge in [-0.3, -0.25) is 4.79 Å². The molecule has 8 nitrogen and oxygen atoms in total. The molecule has 0 radical (unpaired) electrons. The van der Waals surface area contributed by atoms with E-state index in [2.05, 4.69) is 20.8 Å². The number of rotatable bonds is 8. The van der Waals surface area contributed by atoms with Crippen LogP contribution in [0.15, 0.2) is 41.6 Å². The summed E-state index contributed by atoms with van der Waals surface area (Å²) in [5.41, 5.74) is 3.99. The van der Waals surface area contributed by atoms with Crippen LogP contribution in [0.5, 0.6) is 11.5 Å². The largest absolute Gasteiger partial charge is 0.493 e. The maximum absolute atomic E-state index is 12.3. The van der Waals surface area contributed by atoms with E-state index in [9.17, 15) is 4.79 Å². The van der Waals surface area contributed by atoms with Gasteiger partial charge in [0.05, 0.1) is 25.7 Å². The van der Waals surface area contributed by atoms with Crippen molar-refractivity contribution in [2.45, 2.75) is 25.5 Å². The van der Waals surface area contributed by atoms with E-state index in [4.69, 9.17) is 9.47 Å². The van der Waals surface area contributed by atoms with Gasteiger partial charge in [-0.05, 0) is 53.1 Å². The molecule has 0 fully saturated rings. The maximum atomic E-state index is 12.3. The molecule has 152 valence electrons. The molecule has 2 aromatic carbocycles. The van der Waals surface area contributed by atoms with Crippen molar-refractivity contribution in [3.8, 4) is 17.2 Å². The Morgan fingerprint density at radius 1 is 1.10 bits per heavy atom. The number of carbonyl (C=O) groups excluding carboxylic acids is 1. The summed E-state index contributed by atoms with van der Waals surface area (Å²) in [7, 11) is 3.17. The molecule has 3 aromatic rings.